The lowest BCUT2D eigenvalue weighted by atomic mass is 9.91. The van der Waals surface area contributed by atoms with Crippen LogP contribution in [0.25, 0.3) is 0 Å². The smallest absolute Gasteiger partial charge is 0.202 e. The van der Waals surface area contributed by atoms with Gasteiger partial charge in [0.05, 0.1) is 11.6 Å². The molecule has 0 aliphatic heterocycles. The number of ketones is 1. The highest BCUT2D eigenvalue weighted by atomic mass is 16.3. The van der Waals surface area contributed by atoms with Crippen molar-refractivity contribution in [3.05, 3.63) is 11.1 Å². The number of aromatic hydroxyl groups is 2. The van der Waals surface area contributed by atoms with Crippen molar-refractivity contribution in [1.82, 2.24) is 4.98 Å². The number of hydrogen-bond acceptors (Lipinski definition) is 4. The van der Waals surface area contributed by atoms with Crippen LogP contribution < -0.4 is 5.73 Å². The summed E-state index contributed by atoms with van der Waals surface area (Å²) in [4.78, 5) is 14.5. The molecule has 1 aromatic rings. The third-order valence-electron chi connectivity index (χ3n) is 3.66. The fourth-order valence-corrected chi connectivity index (χ4v) is 2.56. The molecule has 1 fully saturated rings. The van der Waals surface area contributed by atoms with Gasteiger partial charge in [-0.3, -0.25) is 9.78 Å². The SMILES string of the molecule is Cc1c(O)[nH]c(O)c1C(=O)C(N)C1CCCC1. The minimum atomic E-state index is -0.586. The molecule has 5 nitrogen and oxygen atoms in total. The van der Waals surface area contributed by atoms with Gasteiger partial charge in [-0.15, -0.1) is 0 Å². The number of nitrogens with one attached hydrogen (secondary N) is 1. The standard InChI is InChI=1S/C12H18N2O3/c1-6-8(12(17)14-11(6)16)10(15)9(13)7-4-2-3-5-7/h7,9,14,16-17H,2-5,13H2,1H3. The average molecular weight is 238 g/mol. The third kappa shape index (κ3) is 2.02. The Labute approximate surface area is 99.6 Å². The zero-order chi connectivity index (χ0) is 12.6. The average Bonchev–Trinajstić information content (AvgIpc) is 2.87. The van der Waals surface area contributed by atoms with E-state index in [0.717, 1.165) is 25.7 Å². The molecule has 1 heterocycles. The molecule has 1 atom stereocenters. The molecular formula is C12H18N2O3. The monoisotopic (exact) mass is 238 g/mol. The lowest BCUT2D eigenvalue weighted by Crippen LogP contribution is -2.37. The summed E-state index contributed by atoms with van der Waals surface area (Å²) < 4.78 is 0. The van der Waals surface area contributed by atoms with Crippen molar-refractivity contribution in [2.24, 2.45) is 11.7 Å². The Morgan fingerprint density at radius 2 is 1.94 bits per heavy atom. The van der Waals surface area contributed by atoms with E-state index in [1.807, 2.05) is 0 Å². The van der Waals surface area contributed by atoms with Gasteiger partial charge in [-0.25, -0.2) is 0 Å². The van der Waals surface area contributed by atoms with Gasteiger partial charge in [0.25, 0.3) is 0 Å². The van der Waals surface area contributed by atoms with Gasteiger partial charge in [0, 0.05) is 5.56 Å². The third-order valence-corrected chi connectivity index (χ3v) is 3.66. The number of aromatic amines is 1. The van der Waals surface area contributed by atoms with Crippen molar-refractivity contribution >= 4 is 5.78 Å². The predicted octanol–water partition coefficient (Wildman–Crippen LogP) is 1.43. The Balaban J connectivity index is 2.24. The minimum Gasteiger partial charge on any atom is -0.494 e. The maximum absolute atomic E-state index is 12.2. The zero-order valence-electron chi connectivity index (χ0n) is 9.86. The molecule has 0 aromatic carbocycles. The van der Waals surface area contributed by atoms with Crippen molar-refractivity contribution in [3.8, 4) is 11.8 Å². The molecule has 17 heavy (non-hydrogen) atoms. The van der Waals surface area contributed by atoms with E-state index in [1.165, 1.54) is 0 Å². The number of aromatic nitrogens is 1. The molecule has 1 aliphatic carbocycles. The number of rotatable bonds is 3. The minimum absolute atomic E-state index is 0.127. The fraction of sp³-hybridized carbons (Fsp3) is 0.583. The summed E-state index contributed by atoms with van der Waals surface area (Å²) in [6.45, 7) is 1.58. The van der Waals surface area contributed by atoms with Crippen molar-refractivity contribution in [3.63, 3.8) is 0 Å². The van der Waals surface area contributed by atoms with Gasteiger partial charge in [0.2, 0.25) is 5.88 Å². The van der Waals surface area contributed by atoms with Crippen LogP contribution in [0.4, 0.5) is 0 Å². The Morgan fingerprint density at radius 3 is 2.41 bits per heavy atom. The normalized spacial score (nSPS) is 18.5. The molecule has 94 valence electrons. The summed E-state index contributed by atoms with van der Waals surface area (Å²) in [6.07, 6.45) is 4.14. The van der Waals surface area contributed by atoms with E-state index in [-0.39, 0.29) is 29.0 Å². The molecular weight excluding hydrogens is 220 g/mol. The van der Waals surface area contributed by atoms with Crippen LogP contribution in [0.3, 0.4) is 0 Å². The van der Waals surface area contributed by atoms with Crippen LogP contribution in [-0.4, -0.2) is 27.0 Å². The van der Waals surface area contributed by atoms with E-state index in [2.05, 4.69) is 4.98 Å². The van der Waals surface area contributed by atoms with E-state index < -0.39 is 6.04 Å². The quantitative estimate of drug-likeness (QED) is 0.598. The van der Waals surface area contributed by atoms with Crippen molar-refractivity contribution in [1.29, 1.82) is 0 Å². The van der Waals surface area contributed by atoms with Crippen LogP contribution in [0.1, 0.15) is 41.6 Å². The first-order chi connectivity index (χ1) is 8.02. The van der Waals surface area contributed by atoms with Crippen LogP contribution in [0.5, 0.6) is 11.8 Å². The van der Waals surface area contributed by atoms with Crippen LogP contribution >= 0.6 is 0 Å². The van der Waals surface area contributed by atoms with Gasteiger partial charge < -0.3 is 15.9 Å². The first-order valence-corrected chi connectivity index (χ1v) is 5.92. The lowest BCUT2D eigenvalue weighted by Gasteiger charge is -2.17. The first-order valence-electron chi connectivity index (χ1n) is 5.92. The molecule has 1 aromatic heterocycles. The summed E-state index contributed by atoms with van der Waals surface area (Å²) >= 11 is 0. The van der Waals surface area contributed by atoms with Gasteiger partial charge in [-0.2, -0.15) is 0 Å². The van der Waals surface area contributed by atoms with Crippen molar-refractivity contribution in [2.45, 2.75) is 38.6 Å². The van der Waals surface area contributed by atoms with E-state index in [1.54, 1.807) is 6.92 Å². The first kappa shape index (κ1) is 12.0. The summed E-state index contributed by atoms with van der Waals surface area (Å²) in [5, 5.41) is 19.0. The predicted molar refractivity (Wildman–Crippen MR) is 63.1 cm³/mol. The van der Waals surface area contributed by atoms with Crippen LogP contribution in [0.2, 0.25) is 0 Å². The fourth-order valence-electron chi connectivity index (χ4n) is 2.56. The number of carbonyl (C=O) groups excluding carboxylic acids is 1. The lowest BCUT2D eigenvalue weighted by molar-refractivity contribution is 0.0929. The number of Topliss-reactive ketones (excluding diaryl/α,β-unsaturated/α-hetero) is 1. The van der Waals surface area contributed by atoms with Crippen LogP contribution in [0, 0.1) is 12.8 Å². The van der Waals surface area contributed by atoms with E-state index >= 15 is 0 Å². The molecule has 1 aliphatic rings. The van der Waals surface area contributed by atoms with Gasteiger partial charge in [-0.1, -0.05) is 12.8 Å². The molecule has 0 bridgehead atoms. The van der Waals surface area contributed by atoms with Crippen LogP contribution in [-0.2, 0) is 0 Å². The van der Waals surface area contributed by atoms with Crippen molar-refractivity contribution < 1.29 is 15.0 Å². The molecule has 1 unspecified atom stereocenters. The number of H-pyrrole nitrogens is 1. The summed E-state index contributed by atoms with van der Waals surface area (Å²) in [5.41, 5.74) is 6.43. The largest absolute Gasteiger partial charge is 0.494 e. The molecule has 5 N–H and O–H groups in total. The highest BCUT2D eigenvalue weighted by Gasteiger charge is 2.31. The van der Waals surface area contributed by atoms with Gasteiger partial charge in [-0.05, 0) is 25.7 Å². The zero-order valence-corrected chi connectivity index (χ0v) is 9.86. The maximum atomic E-state index is 12.2. The molecule has 5 heteroatoms. The second kappa shape index (κ2) is 4.41. The highest BCUT2D eigenvalue weighted by molar-refractivity contribution is 6.03. The second-order valence-electron chi connectivity index (χ2n) is 4.76. The van der Waals surface area contributed by atoms with Crippen LogP contribution in [0.15, 0.2) is 0 Å². The topological polar surface area (TPSA) is 99.3 Å². The molecule has 2 rings (SSSR count). The van der Waals surface area contributed by atoms with Gasteiger partial charge in [0.1, 0.15) is 0 Å². The van der Waals surface area contributed by atoms with E-state index in [0.29, 0.717) is 5.56 Å². The Bertz CT molecular complexity index is 433. The van der Waals surface area contributed by atoms with Gasteiger partial charge in [0.15, 0.2) is 11.7 Å². The maximum Gasteiger partial charge on any atom is 0.202 e. The second-order valence-corrected chi connectivity index (χ2v) is 4.76. The Morgan fingerprint density at radius 1 is 1.35 bits per heavy atom. The summed E-state index contributed by atoms with van der Waals surface area (Å²) in [5.74, 6) is -0.565. The number of hydrogen-bond donors (Lipinski definition) is 4. The van der Waals surface area contributed by atoms with E-state index in [9.17, 15) is 15.0 Å². The molecule has 1 saturated carbocycles. The molecule has 0 radical (unpaired) electrons. The Kier molecular flexibility index (Phi) is 3.11. The summed E-state index contributed by atoms with van der Waals surface area (Å²) in [6, 6.07) is -0.586. The van der Waals surface area contributed by atoms with Crippen molar-refractivity contribution in [2.75, 3.05) is 0 Å². The summed E-state index contributed by atoms with van der Waals surface area (Å²) in [7, 11) is 0. The Hall–Kier alpha value is -1.49. The molecule has 0 saturated heterocycles. The van der Waals surface area contributed by atoms with Gasteiger partial charge >= 0.3 is 0 Å². The number of nitrogens with two attached hydrogens (primary N) is 1. The molecule has 0 amide bonds. The van der Waals surface area contributed by atoms with E-state index in [4.69, 9.17) is 5.73 Å². The molecule has 0 spiro atoms. The number of carbonyl (C=O) groups is 1. The highest BCUT2D eigenvalue weighted by Crippen LogP contribution is 2.33.